The minimum absolute atomic E-state index is 0.0842. The maximum absolute atomic E-state index is 12.3. The van der Waals surface area contributed by atoms with Crippen molar-refractivity contribution >= 4 is 12.0 Å². The third-order valence-corrected chi connectivity index (χ3v) is 4.59. The summed E-state index contributed by atoms with van der Waals surface area (Å²) < 4.78 is 0. The molecule has 1 aliphatic heterocycles. The number of hydrogen-bond donors (Lipinski definition) is 1. The van der Waals surface area contributed by atoms with Gasteiger partial charge in [0.25, 0.3) is 0 Å². The minimum atomic E-state index is 0.0842. The molecule has 0 saturated carbocycles. The predicted molar refractivity (Wildman–Crippen MR) is 96.2 cm³/mol. The Morgan fingerprint density at radius 2 is 1.96 bits per heavy atom. The molecular weight excluding hydrogens is 298 g/mol. The van der Waals surface area contributed by atoms with E-state index < -0.39 is 0 Å². The summed E-state index contributed by atoms with van der Waals surface area (Å²) in [5.41, 5.74) is 9.24. The molecule has 2 heterocycles. The SMILES string of the molecule is NCc1cccc(C2CCN(C(=O)/C=C/c3ccncc3)CC2)c1. The molecule has 4 heteroatoms. The highest BCUT2D eigenvalue weighted by Gasteiger charge is 2.22. The smallest absolute Gasteiger partial charge is 0.246 e. The second kappa shape index (κ2) is 7.88. The van der Waals surface area contributed by atoms with Crippen LogP contribution < -0.4 is 5.73 Å². The summed E-state index contributed by atoms with van der Waals surface area (Å²) in [5.74, 6) is 0.602. The number of benzene rings is 1. The summed E-state index contributed by atoms with van der Waals surface area (Å²) in [4.78, 5) is 18.2. The Balaban J connectivity index is 1.56. The van der Waals surface area contributed by atoms with Gasteiger partial charge in [-0.1, -0.05) is 24.3 Å². The normalized spacial score (nSPS) is 15.8. The average Bonchev–Trinajstić information content (AvgIpc) is 2.67. The summed E-state index contributed by atoms with van der Waals surface area (Å²) in [7, 11) is 0. The third kappa shape index (κ3) is 4.09. The highest BCUT2D eigenvalue weighted by molar-refractivity contribution is 5.91. The van der Waals surface area contributed by atoms with Crippen LogP contribution in [0.25, 0.3) is 6.08 Å². The number of likely N-dealkylation sites (tertiary alicyclic amines) is 1. The molecule has 3 rings (SSSR count). The van der Waals surface area contributed by atoms with Crippen molar-refractivity contribution in [1.82, 2.24) is 9.88 Å². The van der Waals surface area contributed by atoms with Crippen molar-refractivity contribution in [2.24, 2.45) is 5.73 Å². The Labute approximate surface area is 143 Å². The van der Waals surface area contributed by atoms with Gasteiger partial charge in [-0.15, -0.1) is 0 Å². The van der Waals surface area contributed by atoms with Crippen LogP contribution in [0.5, 0.6) is 0 Å². The number of carbonyl (C=O) groups is 1. The second-order valence-electron chi connectivity index (χ2n) is 6.16. The Kier molecular flexibility index (Phi) is 5.39. The van der Waals surface area contributed by atoms with Crippen molar-refractivity contribution in [3.05, 3.63) is 71.6 Å². The fraction of sp³-hybridized carbons (Fsp3) is 0.300. The van der Waals surface area contributed by atoms with Crippen molar-refractivity contribution in [3.63, 3.8) is 0 Å². The van der Waals surface area contributed by atoms with Gasteiger partial charge < -0.3 is 10.6 Å². The van der Waals surface area contributed by atoms with Crippen molar-refractivity contribution in [2.45, 2.75) is 25.3 Å². The first kappa shape index (κ1) is 16.4. The standard InChI is InChI=1S/C20H23N3O/c21-15-17-2-1-3-19(14-17)18-8-12-23(13-9-18)20(24)5-4-16-6-10-22-11-7-16/h1-7,10-11,14,18H,8-9,12-13,15,21H2/b5-4+. The van der Waals surface area contributed by atoms with Gasteiger partial charge in [-0.3, -0.25) is 9.78 Å². The van der Waals surface area contributed by atoms with E-state index >= 15 is 0 Å². The first-order chi connectivity index (χ1) is 11.8. The molecule has 1 aromatic heterocycles. The summed E-state index contributed by atoms with van der Waals surface area (Å²) in [6.45, 7) is 2.18. The first-order valence-corrected chi connectivity index (χ1v) is 8.42. The topological polar surface area (TPSA) is 59.2 Å². The molecule has 1 aromatic carbocycles. The maximum atomic E-state index is 12.3. The molecule has 0 spiro atoms. The van der Waals surface area contributed by atoms with Gasteiger partial charge in [-0.25, -0.2) is 0 Å². The fourth-order valence-corrected chi connectivity index (χ4v) is 3.15. The Bertz CT molecular complexity index is 704. The lowest BCUT2D eigenvalue weighted by molar-refractivity contribution is -0.126. The molecule has 2 N–H and O–H groups in total. The lowest BCUT2D eigenvalue weighted by Gasteiger charge is -2.31. The number of nitrogens with zero attached hydrogens (tertiary/aromatic N) is 2. The monoisotopic (exact) mass is 321 g/mol. The highest BCUT2D eigenvalue weighted by atomic mass is 16.2. The molecule has 0 aliphatic carbocycles. The van der Waals surface area contributed by atoms with Crippen LogP contribution in [0.15, 0.2) is 54.9 Å². The molecule has 1 amide bonds. The number of rotatable bonds is 4. The lowest BCUT2D eigenvalue weighted by Crippen LogP contribution is -2.36. The van der Waals surface area contributed by atoms with E-state index in [2.05, 4.69) is 29.2 Å². The van der Waals surface area contributed by atoms with E-state index in [0.29, 0.717) is 12.5 Å². The van der Waals surface area contributed by atoms with Crippen LogP contribution in [0.3, 0.4) is 0 Å². The summed E-state index contributed by atoms with van der Waals surface area (Å²) in [6.07, 6.45) is 8.97. The molecule has 4 nitrogen and oxygen atoms in total. The molecule has 1 saturated heterocycles. The van der Waals surface area contributed by atoms with Gasteiger partial charge in [0.05, 0.1) is 0 Å². The summed E-state index contributed by atoms with van der Waals surface area (Å²) in [5, 5.41) is 0. The van der Waals surface area contributed by atoms with Gasteiger partial charge in [0.1, 0.15) is 0 Å². The predicted octanol–water partition coefficient (Wildman–Crippen LogP) is 2.96. The zero-order chi connectivity index (χ0) is 16.8. The van der Waals surface area contributed by atoms with Crippen molar-refractivity contribution in [1.29, 1.82) is 0 Å². The summed E-state index contributed by atoms with van der Waals surface area (Å²) in [6, 6.07) is 12.3. The van der Waals surface area contributed by atoms with Gasteiger partial charge in [0, 0.05) is 38.1 Å². The van der Waals surface area contributed by atoms with Gasteiger partial charge >= 0.3 is 0 Å². The van der Waals surface area contributed by atoms with Crippen LogP contribution in [0.1, 0.15) is 35.4 Å². The van der Waals surface area contributed by atoms with Gasteiger partial charge in [0.2, 0.25) is 5.91 Å². The second-order valence-corrected chi connectivity index (χ2v) is 6.16. The van der Waals surface area contributed by atoms with Crippen molar-refractivity contribution in [2.75, 3.05) is 13.1 Å². The number of pyridine rings is 1. The molecule has 2 aromatic rings. The number of amides is 1. The van der Waals surface area contributed by atoms with E-state index in [1.165, 1.54) is 11.1 Å². The van der Waals surface area contributed by atoms with Gasteiger partial charge in [0.15, 0.2) is 0 Å². The highest BCUT2D eigenvalue weighted by Crippen LogP contribution is 2.28. The average molecular weight is 321 g/mol. The lowest BCUT2D eigenvalue weighted by atomic mass is 9.88. The Morgan fingerprint density at radius 1 is 1.21 bits per heavy atom. The van der Waals surface area contributed by atoms with Gasteiger partial charge in [-0.2, -0.15) is 0 Å². The maximum Gasteiger partial charge on any atom is 0.246 e. The van der Waals surface area contributed by atoms with Crippen LogP contribution in [0.2, 0.25) is 0 Å². The van der Waals surface area contributed by atoms with Crippen molar-refractivity contribution in [3.8, 4) is 0 Å². The first-order valence-electron chi connectivity index (χ1n) is 8.42. The number of carbonyl (C=O) groups excluding carboxylic acids is 1. The quantitative estimate of drug-likeness (QED) is 0.881. The Hall–Kier alpha value is -2.46. The van der Waals surface area contributed by atoms with E-state index in [4.69, 9.17) is 5.73 Å². The molecule has 24 heavy (non-hydrogen) atoms. The number of hydrogen-bond acceptors (Lipinski definition) is 3. The number of aromatic nitrogens is 1. The molecule has 1 fully saturated rings. The van der Waals surface area contributed by atoms with Crippen LogP contribution in [0.4, 0.5) is 0 Å². The molecule has 0 bridgehead atoms. The molecule has 1 aliphatic rings. The number of piperidine rings is 1. The summed E-state index contributed by atoms with van der Waals surface area (Å²) >= 11 is 0. The van der Waals surface area contributed by atoms with E-state index in [9.17, 15) is 4.79 Å². The molecule has 124 valence electrons. The van der Waals surface area contributed by atoms with Gasteiger partial charge in [-0.05, 0) is 53.7 Å². The molecule has 0 unspecified atom stereocenters. The molecule has 0 radical (unpaired) electrons. The molecule has 0 atom stereocenters. The minimum Gasteiger partial charge on any atom is -0.339 e. The van der Waals surface area contributed by atoms with Crippen LogP contribution in [-0.2, 0) is 11.3 Å². The largest absolute Gasteiger partial charge is 0.339 e. The molecular formula is C20H23N3O. The van der Waals surface area contributed by atoms with E-state index in [-0.39, 0.29) is 5.91 Å². The van der Waals surface area contributed by atoms with Crippen LogP contribution in [0, 0.1) is 0 Å². The van der Waals surface area contributed by atoms with Crippen LogP contribution in [-0.4, -0.2) is 28.9 Å². The van der Waals surface area contributed by atoms with Crippen molar-refractivity contribution < 1.29 is 4.79 Å². The zero-order valence-electron chi connectivity index (χ0n) is 13.8. The number of nitrogens with two attached hydrogens (primary N) is 1. The van der Waals surface area contributed by atoms with E-state index in [1.807, 2.05) is 23.1 Å². The fourth-order valence-electron chi connectivity index (χ4n) is 3.15. The third-order valence-electron chi connectivity index (χ3n) is 4.59. The van der Waals surface area contributed by atoms with Crippen LogP contribution >= 0.6 is 0 Å². The zero-order valence-corrected chi connectivity index (χ0v) is 13.8. The van der Waals surface area contributed by atoms with E-state index in [0.717, 1.165) is 31.5 Å². The Morgan fingerprint density at radius 3 is 2.67 bits per heavy atom. The van der Waals surface area contributed by atoms with E-state index in [1.54, 1.807) is 18.5 Å².